The summed E-state index contributed by atoms with van der Waals surface area (Å²) >= 11 is 8.23. The summed E-state index contributed by atoms with van der Waals surface area (Å²) in [5.41, 5.74) is -0.143. The second-order valence-corrected chi connectivity index (χ2v) is 5.14. The number of aromatic amines is 1. The van der Waals surface area contributed by atoms with Crippen molar-refractivity contribution < 1.29 is 13.2 Å². The summed E-state index contributed by atoms with van der Waals surface area (Å²) in [5.74, 6) is 0.521. The molecule has 0 spiro atoms. The highest BCUT2D eigenvalue weighted by Gasteiger charge is 2.30. The number of hydrogen-bond acceptors (Lipinski definition) is 2. The smallest absolute Gasteiger partial charge is 0.334 e. The van der Waals surface area contributed by atoms with Crippen LogP contribution in [0.1, 0.15) is 17.0 Å². The van der Waals surface area contributed by atoms with Crippen molar-refractivity contribution in [3.63, 3.8) is 0 Å². The summed E-state index contributed by atoms with van der Waals surface area (Å²) in [6, 6.07) is 5.16. The van der Waals surface area contributed by atoms with Crippen molar-refractivity contribution in [2.75, 3.05) is 0 Å². The predicted molar refractivity (Wildman–Crippen MR) is 71.4 cm³/mol. The molecule has 1 N–H and O–H groups in total. The minimum absolute atomic E-state index is 0.265. The molecule has 1 aromatic carbocycles. The van der Waals surface area contributed by atoms with Gasteiger partial charge >= 0.3 is 6.18 Å². The first-order valence-corrected chi connectivity index (χ1v) is 6.46. The Bertz CT molecular complexity index is 652. The molecule has 7 heteroatoms. The topological polar surface area (TPSA) is 28.7 Å². The molecule has 0 bridgehead atoms. The fourth-order valence-electron chi connectivity index (χ4n) is 1.56. The van der Waals surface area contributed by atoms with E-state index in [9.17, 15) is 13.2 Å². The molecule has 1 aromatic heterocycles. The predicted octanol–water partition coefficient (Wildman–Crippen LogP) is 4.51. The number of hydrogen-bond donors (Lipinski definition) is 1. The van der Waals surface area contributed by atoms with Gasteiger partial charge in [0.25, 0.3) is 0 Å². The first-order chi connectivity index (χ1) is 8.86. The van der Waals surface area contributed by atoms with E-state index < -0.39 is 11.7 Å². The van der Waals surface area contributed by atoms with Gasteiger partial charge in [0.15, 0.2) is 0 Å². The van der Waals surface area contributed by atoms with E-state index in [0.717, 1.165) is 12.1 Å². The Labute approximate surface area is 120 Å². The van der Waals surface area contributed by atoms with Crippen molar-refractivity contribution in [3.8, 4) is 0 Å². The number of benzene rings is 1. The van der Waals surface area contributed by atoms with Gasteiger partial charge in [0.1, 0.15) is 10.5 Å². The molecule has 2 nitrogen and oxygen atoms in total. The molecule has 0 atom stereocenters. The highest BCUT2D eigenvalue weighted by atomic mass is 79.9. The third-order valence-electron chi connectivity index (χ3n) is 2.43. The zero-order valence-corrected chi connectivity index (χ0v) is 11.9. The molecule has 0 amide bonds. The first kappa shape index (κ1) is 14.2. The number of nitrogens with zero attached hydrogens (tertiary/aromatic N) is 1. The molecule has 0 radical (unpaired) electrons. The molecular formula is C12H8BrF3N2S. The maximum atomic E-state index is 12.6. The summed E-state index contributed by atoms with van der Waals surface area (Å²) in [5, 5.41) is 0. The Morgan fingerprint density at radius 1 is 1.32 bits per heavy atom. The third-order valence-corrected chi connectivity index (χ3v) is 3.62. The molecule has 0 saturated heterocycles. The lowest BCUT2D eigenvalue weighted by Crippen LogP contribution is -2.06. The maximum Gasteiger partial charge on any atom is 0.416 e. The lowest BCUT2D eigenvalue weighted by atomic mass is 10.1. The van der Waals surface area contributed by atoms with Crippen molar-refractivity contribution >= 4 is 28.1 Å². The minimum Gasteiger partial charge on any atom is -0.334 e. The quantitative estimate of drug-likeness (QED) is 0.808. The van der Waals surface area contributed by atoms with Gasteiger partial charge in [-0.3, -0.25) is 0 Å². The summed E-state index contributed by atoms with van der Waals surface area (Å²) in [7, 11) is 0. The average Bonchev–Trinajstić information content (AvgIpc) is 2.33. The molecule has 2 rings (SSSR count). The molecule has 1 heterocycles. The Morgan fingerprint density at radius 2 is 2.05 bits per heavy atom. The number of nitrogens with one attached hydrogen (secondary N) is 1. The standard InChI is InChI=1S/C12H8BrF3N2S/c13-9-6-17-10(18-11(9)19)5-7-2-1-3-8(4-7)12(14,15)16/h1-4,6H,5H2,(H,17,18,19). The Hall–Kier alpha value is -1.21. The van der Waals surface area contributed by atoms with Crippen molar-refractivity contribution in [3.05, 3.63) is 56.5 Å². The largest absolute Gasteiger partial charge is 0.416 e. The van der Waals surface area contributed by atoms with Crippen LogP contribution in [0.3, 0.4) is 0 Å². The summed E-state index contributed by atoms with van der Waals surface area (Å²) < 4.78 is 38.9. The molecule has 0 saturated carbocycles. The second kappa shape index (κ2) is 5.42. The minimum atomic E-state index is -4.34. The van der Waals surface area contributed by atoms with Crippen LogP contribution in [0, 0.1) is 4.64 Å². The van der Waals surface area contributed by atoms with Gasteiger partial charge in [0, 0.05) is 12.6 Å². The number of halogens is 4. The summed E-state index contributed by atoms with van der Waals surface area (Å²) in [6.45, 7) is 0. The highest BCUT2D eigenvalue weighted by Crippen LogP contribution is 2.29. The van der Waals surface area contributed by atoms with Crippen LogP contribution >= 0.6 is 28.1 Å². The number of rotatable bonds is 2. The molecular weight excluding hydrogens is 341 g/mol. The van der Waals surface area contributed by atoms with Crippen molar-refractivity contribution in [1.82, 2.24) is 9.97 Å². The third kappa shape index (κ3) is 3.63. The molecule has 0 aliphatic rings. The fourth-order valence-corrected chi connectivity index (χ4v) is 1.93. The molecule has 0 unspecified atom stereocenters. The normalized spacial score (nSPS) is 11.6. The lowest BCUT2D eigenvalue weighted by molar-refractivity contribution is -0.137. The van der Waals surface area contributed by atoms with E-state index in [1.807, 2.05) is 0 Å². The van der Waals surface area contributed by atoms with E-state index in [2.05, 4.69) is 25.9 Å². The molecule has 0 aliphatic carbocycles. The number of H-pyrrole nitrogens is 1. The number of alkyl halides is 3. The van der Waals surface area contributed by atoms with E-state index in [4.69, 9.17) is 12.2 Å². The summed E-state index contributed by atoms with van der Waals surface area (Å²) in [6.07, 6.45) is -2.54. The molecule has 2 aromatic rings. The van der Waals surface area contributed by atoms with E-state index in [0.29, 0.717) is 20.5 Å². The molecule has 0 aliphatic heterocycles. The Morgan fingerprint density at radius 3 is 2.68 bits per heavy atom. The molecule has 100 valence electrons. The van der Waals surface area contributed by atoms with Crippen molar-refractivity contribution in [2.24, 2.45) is 0 Å². The van der Waals surface area contributed by atoms with Gasteiger partial charge in [-0.1, -0.05) is 30.4 Å². The van der Waals surface area contributed by atoms with Gasteiger partial charge in [0.2, 0.25) is 0 Å². The van der Waals surface area contributed by atoms with E-state index in [1.165, 1.54) is 12.3 Å². The van der Waals surface area contributed by atoms with Crippen LogP contribution in [-0.4, -0.2) is 9.97 Å². The SMILES string of the molecule is FC(F)(F)c1cccc(Cc2ncc(Br)c(=S)[nH]2)c1. The van der Waals surface area contributed by atoms with Crippen molar-refractivity contribution in [1.29, 1.82) is 0 Å². The Kier molecular flexibility index (Phi) is 4.05. The van der Waals surface area contributed by atoms with Gasteiger partial charge in [-0.25, -0.2) is 4.98 Å². The Balaban J connectivity index is 2.28. The van der Waals surface area contributed by atoms with E-state index >= 15 is 0 Å². The fraction of sp³-hybridized carbons (Fsp3) is 0.167. The zero-order chi connectivity index (χ0) is 14.0. The van der Waals surface area contributed by atoms with Crippen LogP contribution in [0.4, 0.5) is 13.2 Å². The van der Waals surface area contributed by atoms with Crippen LogP contribution in [0.2, 0.25) is 0 Å². The van der Waals surface area contributed by atoms with E-state index in [1.54, 1.807) is 6.07 Å². The van der Waals surface area contributed by atoms with Gasteiger partial charge in [-0.2, -0.15) is 13.2 Å². The number of aromatic nitrogens is 2. The van der Waals surface area contributed by atoms with Crippen LogP contribution in [-0.2, 0) is 12.6 Å². The van der Waals surface area contributed by atoms with Crippen LogP contribution in [0.25, 0.3) is 0 Å². The van der Waals surface area contributed by atoms with Crippen LogP contribution in [0.15, 0.2) is 34.9 Å². The van der Waals surface area contributed by atoms with Crippen LogP contribution < -0.4 is 0 Å². The van der Waals surface area contributed by atoms with Gasteiger partial charge < -0.3 is 4.98 Å². The zero-order valence-electron chi connectivity index (χ0n) is 9.46. The van der Waals surface area contributed by atoms with Crippen LogP contribution in [0.5, 0.6) is 0 Å². The van der Waals surface area contributed by atoms with Gasteiger partial charge in [-0.05, 0) is 27.6 Å². The molecule has 19 heavy (non-hydrogen) atoms. The first-order valence-electron chi connectivity index (χ1n) is 5.26. The maximum absolute atomic E-state index is 12.6. The average molecular weight is 349 g/mol. The monoisotopic (exact) mass is 348 g/mol. The lowest BCUT2D eigenvalue weighted by Gasteiger charge is -2.08. The van der Waals surface area contributed by atoms with Crippen molar-refractivity contribution in [2.45, 2.75) is 12.6 Å². The second-order valence-electron chi connectivity index (χ2n) is 3.88. The van der Waals surface area contributed by atoms with E-state index in [-0.39, 0.29) is 6.42 Å². The van der Waals surface area contributed by atoms with Gasteiger partial charge in [-0.15, -0.1) is 0 Å². The molecule has 0 fully saturated rings. The summed E-state index contributed by atoms with van der Waals surface area (Å²) in [4.78, 5) is 6.93. The highest BCUT2D eigenvalue weighted by molar-refractivity contribution is 9.10. The van der Waals surface area contributed by atoms with Gasteiger partial charge in [0.05, 0.1) is 10.0 Å².